The van der Waals surface area contributed by atoms with Crippen LogP contribution in [0.1, 0.15) is 30.9 Å². The Balaban J connectivity index is 1.22. The minimum absolute atomic E-state index is 0.0000489. The summed E-state index contributed by atoms with van der Waals surface area (Å²) in [6.45, 7) is 10.5. The summed E-state index contributed by atoms with van der Waals surface area (Å²) < 4.78 is 5.85. The SMILES string of the molecule is C=CC(=O)Nc1cc(Nc2cc(N3OCC[C@@H]3c3ccc(Cl)cc3)ncn2)c(OC)cc1N1CCC(N2CCN(C)CC2)CC1. The molecule has 12 heteroatoms. The van der Waals surface area contributed by atoms with Crippen LogP contribution >= 0.6 is 11.6 Å². The number of nitrogens with one attached hydrogen (secondary N) is 2. The third kappa shape index (κ3) is 7.17. The van der Waals surface area contributed by atoms with E-state index in [1.165, 1.54) is 12.4 Å². The Morgan fingerprint density at radius 2 is 1.78 bits per heavy atom. The normalized spacial score (nSPS) is 19.8. The first kappa shape index (κ1) is 31.1. The van der Waals surface area contributed by atoms with Crippen molar-refractivity contribution in [1.29, 1.82) is 0 Å². The molecule has 2 aromatic carbocycles. The Kier molecular flexibility index (Phi) is 9.70. The van der Waals surface area contributed by atoms with Crippen LogP contribution in [0.4, 0.5) is 28.7 Å². The highest BCUT2D eigenvalue weighted by Crippen LogP contribution is 2.40. The van der Waals surface area contributed by atoms with Crippen molar-refractivity contribution in [2.45, 2.75) is 31.3 Å². The summed E-state index contributed by atoms with van der Waals surface area (Å²) in [4.78, 5) is 34.8. The molecule has 4 heterocycles. The highest BCUT2D eigenvalue weighted by atomic mass is 35.5. The fourth-order valence-corrected chi connectivity index (χ4v) is 6.52. The molecular formula is C33H41ClN8O3. The van der Waals surface area contributed by atoms with E-state index in [1.54, 1.807) is 7.11 Å². The van der Waals surface area contributed by atoms with Gasteiger partial charge in [0.15, 0.2) is 5.82 Å². The molecule has 0 aliphatic carbocycles. The number of hydroxylamine groups is 1. The van der Waals surface area contributed by atoms with Crippen LogP contribution in [0.15, 0.2) is 61.4 Å². The molecule has 1 aromatic heterocycles. The minimum atomic E-state index is -0.275. The van der Waals surface area contributed by atoms with E-state index in [4.69, 9.17) is 21.2 Å². The van der Waals surface area contributed by atoms with Crippen molar-refractivity contribution < 1.29 is 14.4 Å². The van der Waals surface area contributed by atoms with Gasteiger partial charge in [-0.1, -0.05) is 30.3 Å². The van der Waals surface area contributed by atoms with Gasteiger partial charge in [-0.05, 0) is 49.7 Å². The van der Waals surface area contributed by atoms with Crippen molar-refractivity contribution in [2.75, 3.05) is 80.6 Å². The van der Waals surface area contributed by atoms with Gasteiger partial charge in [-0.2, -0.15) is 0 Å². The highest BCUT2D eigenvalue weighted by Gasteiger charge is 2.30. The topological polar surface area (TPSA) is 98.3 Å². The smallest absolute Gasteiger partial charge is 0.247 e. The second-order valence-electron chi connectivity index (χ2n) is 11.7. The van der Waals surface area contributed by atoms with Gasteiger partial charge in [0.05, 0.1) is 36.8 Å². The van der Waals surface area contributed by atoms with Crippen LogP contribution in [0, 0.1) is 0 Å². The summed E-state index contributed by atoms with van der Waals surface area (Å²) in [5.41, 5.74) is 3.36. The number of ether oxygens (including phenoxy) is 1. The molecule has 0 spiro atoms. The van der Waals surface area contributed by atoms with Crippen molar-refractivity contribution in [2.24, 2.45) is 0 Å². The fourth-order valence-electron chi connectivity index (χ4n) is 6.40. The van der Waals surface area contributed by atoms with Crippen LogP contribution in [0.2, 0.25) is 5.02 Å². The largest absolute Gasteiger partial charge is 0.494 e. The Morgan fingerprint density at radius 1 is 1.02 bits per heavy atom. The van der Waals surface area contributed by atoms with E-state index in [0.29, 0.717) is 46.4 Å². The second-order valence-corrected chi connectivity index (χ2v) is 12.2. The molecule has 3 aliphatic heterocycles. The predicted octanol–water partition coefficient (Wildman–Crippen LogP) is 5.11. The maximum Gasteiger partial charge on any atom is 0.247 e. The number of piperidine rings is 1. The van der Waals surface area contributed by atoms with E-state index < -0.39 is 0 Å². The van der Waals surface area contributed by atoms with E-state index >= 15 is 0 Å². The number of likely N-dealkylation sites (N-methyl/N-ethyl adjacent to an activating group) is 1. The monoisotopic (exact) mass is 632 g/mol. The number of benzene rings is 2. The first-order valence-corrected chi connectivity index (χ1v) is 15.9. The molecule has 45 heavy (non-hydrogen) atoms. The molecule has 0 bridgehead atoms. The van der Waals surface area contributed by atoms with Crippen molar-refractivity contribution in [3.05, 3.63) is 72.0 Å². The van der Waals surface area contributed by atoms with Crippen LogP contribution in [0.5, 0.6) is 5.75 Å². The number of carbonyl (C=O) groups excluding carboxylic acids is 1. The van der Waals surface area contributed by atoms with Crippen molar-refractivity contribution in [3.63, 3.8) is 0 Å². The number of nitrogens with zero attached hydrogens (tertiary/aromatic N) is 6. The number of methoxy groups -OCH3 is 1. The van der Waals surface area contributed by atoms with Crippen LogP contribution in [-0.2, 0) is 9.63 Å². The van der Waals surface area contributed by atoms with Crippen LogP contribution in [-0.4, -0.2) is 91.7 Å². The lowest BCUT2D eigenvalue weighted by Gasteiger charge is -2.43. The fraction of sp³-hybridized carbons (Fsp3) is 0.424. The summed E-state index contributed by atoms with van der Waals surface area (Å²) in [5.74, 6) is 1.55. The molecule has 6 rings (SSSR count). The van der Waals surface area contributed by atoms with Crippen LogP contribution in [0.25, 0.3) is 0 Å². The first-order chi connectivity index (χ1) is 21.9. The number of hydrogen-bond donors (Lipinski definition) is 2. The van der Waals surface area contributed by atoms with Gasteiger partial charge in [-0.3, -0.25) is 14.5 Å². The predicted molar refractivity (Wildman–Crippen MR) is 179 cm³/mol. The molecule has 2 N–H and O–H groups in total. The van der Waals surface area contributed by atoms with Crippen LogP contribution in [0.3, 0.4) is 0 Å². The number of rotatable bonds is 9. The first-order valence-electron chi connectivity index (χ1n) is 15.5. The maximum absolute atomic E-state index is 12.5. The number of piperazine rings is 1. The van der Waals surface area contributed by atoms with Crippen molar-refractivity contribution >= 4 is 46.2 Å². The van der Waals surface area contributed by atoms with Gasteiger partial charge in [-0.15, -0.1) is 0 Å². The van der Waals surface area contributed by atoms with Crippen molar-refractivity contribution in [3.8, 4) is 5.75 Å². The number of anilines is 5. The average molecular weight is 633 g/mol. The molecule has 3 saturated heterocycles. The van der Waals surface area contributed by atoms with Gasteiger partial charge in [0.25, 0.3) is 0 Å². The molecule has 238 valence electrons. The third-order valence-corrected chi connectivity index (χ3v) is 9.17. The maximum atomic E-state index is 12.5. The molecule has 3 aliphatic rings. The Morgan fingerprint density at radius 3 is 2.49 bits per heavy atom. The zero-order chi connectivity index (χ0) is 31.3. The second kappa shape index (κ2) is 14.0. The Labute approximate surface area is 269 Å². The number of aromatic nitrogens is 2. The molecule has 0 radical (unpaired) electrons. The van der Waals surface area contributed by atoms with Gasteiger partial charge >= 0.3 is 0 Å². The Hall–Kier alpha value is -3.90. The van der Waals surface area contributed by atoms with Crippen molar-refractivity contribution in [1.82, 2.24) is 19.8 Å². The number of amides is 1. The number of hydrogen-bond acceptors (Lipinski definition) is 10. The average Bonchev–Trinajstić information content (AvgIpc) is 3.56. The minimum Gasteiger partial charge on any atom is -0.494 e. The molecule has 11 nitrogen and oxygen atoms in total. The van der Waals surface area contributed by atoms with Gasteiger partial charge in [0.2, 0.25) is 5.91 Å². The molecule has 3 fully saturated rings. The van der Waals surface area contributed by atoms with Gasteiger partial charge in [0, 0.05) is 68.9 Å². The molecule has 1 atom stereocenters. The third-order valence-electron chi connectivity index (χ3n) is 8.92. The van der Waals surface area contributed by atoms with E-state index in [1.807, 2.05) is 47.5 Å². The van der Waals surface area contributed by atoms with Gasteiger partial charge in [0.1, 0.15) is 17.9 Å². The van der Waals surface area contributed by atoms with E-state index in [-0.39, 0.29) is 11.9 Å². The summed E-state index contributed by atoms with van der Waals surface area (Å²) in [6, 6.07) is 14.1. The van der Waals surface area contributed by atoms with Gasteiger partial charge in [-0.25, -0.2) is 15.0 Å². The molecule has 1 amide bonds. The zero-order valence-electron chi connectivity index (χ0n) is 25.9. The van der Waals surface area contributed by atoms with Gasteiger partial charge < -0.3 is 25.2 Å². The molecule has 0 unspecified atom stereocenters. The summed E-state index contributed by atoms with van der Waals surface area (Å²) in [5, 5.41) is 8.91. The van der Waals surface area contributed by atoms with E-state index in [2.05, 4.69) is 48.9 Å². The lowest BCUT2D eigenvalue weighted by molar-refractivity contribution is -0.111. The number of halogens is 1. The standard InChI is InChI=1S/C33H41ClN8O3/c1-4-33(43)38-26-19-27(30(44-3)20-29(26)41-12-9-25(10-13-41)40-16-14-39(2)15-17-40)37-31-21-32(36-22-35-31)42-28(11-18-45-42)23-5-7-24(34)8-6-23/h4-8,19-22,25,28H,1,9-18H2,2-3H3,(H,38,43)(H,35,36,37)/t28-/m1/s1. The summed E-state index contributed by atoms with van der Waals surface area (Å²) in [6.07, 6.45) is 5.75. The molecular weight excluding hydrogens is 592 g/mol. The van der Waals surface area contributed by atoms with E-state index in [9.17, 15) is 4.79 Å². The highest BCUT2D eigenvalue weighted by molar-refractivity contribution is 6.30. The number of carbonyl (C=O) groups is 1. The quantitative estimate of drug-likeness (QED) is 0.310. The molecule has 3 aromatic rings. The molecule has 0 saturated carbocycles. The van der Waals surface area contributed by atoms with E-state index in [0.717, 1.165) is 69.8 Å². The zero-order valence-corrected chi connectivity index (χ0v) is 26.7. The summed E-state index contributed by atoms with van der Waals surface area (Å²) in [7, 11) is 3.83. The van der Waals surface area contributed by atoms with Crippen LogP contribution < -0.4 is 25.3 Å². The lowest BCUT2D eigenvalue weighted by atomic mass is 10.0. The lowest BCUT2D eigenvalue weighted by Crippen LogP contribution is -2.52. The summed E-state index contributed by atoms with van der Waals surface area (Å²) >= 11 is 6.12. The Bertz CT molecular complexity index is 1490.